The number of benzene rings is 1. The minimum atomic E-state index is -2.81. The number of aromatic nitrogens is 2. The Kier molecular flexibility index (Phi) is 10.4. The summed E-state index contributed by atoms with van der Waals surface area (Å²) in [5, 5.41) is 0.112. The van der Waals surface area contributed by atoms with Gasteiger partial charge in [0.25, 0.3) is 11.8 Å². The number of rotatable bonds is 11. The molecule has 0 spiro atoms. The van der Waals surface area contributed by atoms with E-state index in [9.17, 15) is 13.6 Å². The Bertz CT molecular complexity index is 1550. The Morgan fingerprint density at radius 1 is 1.17 bits per heavy atom. The molecule has 3 aliphatic rings. The van der Waals surface area contributed by atoms with Crippen molar-refractivity contribution in [2.45, 2.75) is 57.5 Å². The minimum Gasteiger partial charge on any atom is -0.463 e. The molecule has 3 heterocycles. The molecule has 2 aromatic rings. The molecular weight excluding hydrogens is 626 g/mol. The van der Waals surface area contributed by atoms with Gasteiger partial charge in [-0.3, -0.25) is 14.7 Å². The maximum Gasteiger partial charge on any atom is 0.318 e. The van der Waals surface area contributed by atoms with Gasteiger partial charge in [-0.05, 0) is 45.1 Å². The molecule has 2 unspecified atom stereocenters. The second-order valence-corrected chi connectivity index (χ2v) is 13.9. The monoisotopic (exact) mass is 672 g/mol. The first-order chi connectivity index (χ1) is 22.3. The number of fused-ring (bicyclic) bond motifs is 1. The van der Waals surface area contributed by atoms with Gasteiger partial charge >= 0.3 is 6.01 Å². The number of carbonyl (C=O) groups is 1. The summed E-state index contributed by atoms with van der Waals surface area (Å²) in [5.74, 6) is -2.56. The zero-order valence-corrected chi connectivity index (χ0v) is 29.1. The van der Waals surface area contributed by atoms with E-state index in [1.807, 2.05) is 0 Å². The number of carbonyl (C=O) groups excluding carboxylic acids is 1. The fourth-order valence-electron chi connectivity index (χ4n) is 6.71. The summed E-state index contributed by atoms with van der Waals surface area (Å²) in [6.45, 7) is 4.13. The van der Waals surface area contributed by atoms with Gasteiger partial charge in [0, 0.05) is 64.7 Å². The SMILES string of the molecule is CCCc1ccccc1C1Cc2nc(OCC3(CN(C)C)CC3(F)F)nc(N3CCCN=C(/C(Cl)=C(\N)C(=O)N(C)C)C3)c2CN1C. The number of nitrogens with two attached hydrogens (primary N) is 1. The summed E-state index contributed by atoms with van der Waals surface area (Å²) in [7, 11) is 8.90. The van der Waals surface area contributed by atoms with Crippen LogP contribution in [0.1, 0.15) is 54.6 Å². The zero-order valence-electron chi connectivity index (χ0n) is 28.3. The van der Waals surface area contributed by atoms with Crippen LogP contribution in [0.15, 0.2) is 40.0 Å². The van der Waals surface area contributed by atoms with Crippen molar-refractivity contribution in [2.75, 3.05) is 72.9 Å². The second kappa shape index (κ2) is 14.0. The number of halogens is 3. The lowest BCUT2D eigenvalue weighted by molar-refractivity contribution is -0.124. The number of nitrogens with zero attached hydrogens (tertiary/aromatic N) is 7. The predicted molar refractivity (Wildman–Crippen MR) is 181 cm³/mol. The summed E-state index contributed by atoms with van der Waals surface area (Å²) < 4.78 is 35.4. The molecule has 13 heteroatoms. The van der Waals surface area contributed by atoms with Gasteiger partial charge in [-0.25, -0.2) is 8.78 Å². The molecule has 1 aromatic heterocycles. The number of alkyl halides is 2. The van der Waals surface area contributed by atoms with Gasteiger partial charge in [0.2, 0.25) is 0 Å². The Balaban J connectivity index is 1.53. The van der Waals surface area contributed by atoms with Crippen molar-refractivity contribution >= 4 is 29.0 Å². The molecule has 2 N–H and O–H groups in total. The Morgan fingerprint density at radius 2 is 1.89 bits per heavy atom. The fraction of sp³-hybridized carbons (Fsp3) is 0.588. The molecule has 1 aliphatic carbocycles. The van der Waals surface area contributed by atoms with E-state index in [-0.39, 0.29) is 48.9 Å². The molecule has 5 rings (SSSR count). The Morgan fingerprint density at radius 3 is 2.55 bits per heavy atom. The van der Waals surface area contributed by atoms with Crippen molar-refractivity contribution in [3.05, 3.63) is 57.4 Å². The van der Waals surface area contributed by atoms with Crippen LogP contribution in [0, 0.1) is 5.41 Å². The highest BCUT2D eigenvalue weighted by molar-refractivity contribution is 6.45. The molecule has 0 bridgehead atoms. The maximum absolute atomic E-state index is 14.6. The zero-order chi connectivity index (χ0) is 34.1. The molecule has 47 heavy (non-hydrogen) atoms. The molecule has 2 atom stereocenters. The number of hydrogen-bond donors (Lipinski definition) is 1. The quantitative estimate of drug-likeness (QED) is 0.353. The number of hydrogen-bond acceptors (Lipinski definition) is 9. The van der Waals surface area contributed by atoms with E-state index in [1.54, 1.807) is 33.1 Å². The summed E-state index contributed by atoms with van der Waals surface area (Å²) >= 11 is 6.68. The minimum absolute atomic E-state index is 0.0733. The van der Waals surface area contributed by atoms with Gasteiger partial charge in [-0.15, -0.1) is 0 Å². The van der Waals surface area contributed by atoms with Gasteiger partial charge in [-0.1, -0.05) is 49.2 Å². The van der Waals surface area contributed by atoms with Crippen LogP contribution >= 0.6 is 11.6 Å². The third kappa shape index (κ3) is 7.39. The molecule has 10 nitrogen and oxygen atoms in total. The van der Waals surface area contributed by atoms with Gasteiger partial charge in [0.1, 0.15) is 18.1 Å². The van der Waals surface area contributed by atoms with Crippen molar-refractivity contribution in [1.82, 2.24) is 24.7 Å². The Labute approximate surface area is 281 Å². The van der Waals surface area contributed by atoms with Gasteiger partial charge in [-0.2, -0.15) is 9.97 Å². The van der Waals surface area contributed by atoms with Crippen molar-refractivity contribution in [3.8, 4) is 6.01 Å². The maximum atomic E-state index is 14.6. The molecule has 1 amide bonds. The van der Waals surface area contributed by atoms with E-state index >= 15 is 0 Å². The molecule has 1 aromatic carbocycles. The van der Waals surface area contributed by atoms with Crippen molar-refractivity contribution in [2.24, 2.45) is 16.1 Å². The smallest absolute Gasteiger partial charge is 0.318 e. The van der Waals surface area contributed by atoms with Crippen LogP contribution in [-0.2, 0) is 24.2 Å². The van der Waals surface area contributed by atoms with E-state index in [0.717, 1.165) is 24.1 Å². The van der Waals surface area contributed by atoms with Crippen LogP contribution < -0.4 is 15.4 Å². The molecule has 1 fully saturated rings. The molecule has 1 saturated carbocycles. The Hall–Kier alpha value is -3.35. The average molecular weight is 673 g/mol. The number of amides is 1. The van der Waals surface area contributed by atoms with E-state index < -0.39 is 17.2 Å². The van der Waals surface area contributed by atoms with Crippen LogP contribution in [0.2, 0.25) is 0 Å². The summed E-state index contributed by atoms with van der Waals surface area (Å²) in [4.78, 5) is 34.6. The van der Waals surface area contributed by atoms with Crippen LogP contribution in [0.5, 0.6) is 6.01 Å². The molecule has 0 saturated heterocycles. The van der Waals surface area contributed by atoms with E-state index in [4.69, 9.17) is 32.0 Å². The largest absolute Gasteiger partial charge is 0.463 e. The highest BCUT2D eigenvalue weighted by Gasteiger charge is 2.71. The highest BCUT2D eigenvalue weighted by atomic mass is 35.5. The summed E-state index contributed by atoms with van der Waals surface area (Å²) in [5.41, 5.74) is 9.64. The van der Waals surface area contributed by atoms with Crippen LogP contribution in [0.3, 0.4) is 0 Å². The third-order valence-electron chi connectivity index (χ3n) is 9.27. The molecule has 2 aliphatic heterocycles. The summed E-state index contributed by atoms with van der Waals surface area (Å²) in [6.07, 6.45) is 3.10. The molecule has 256 valence electrons. The van der Waals surface area contributed by atoms with Gasteiger partial charge in [0.15, 0.2) is 0 Å². The van der Waals surface area contributed by atoms with E-state index in [2.05, 4.69) is 53.0 Å². The average Bonchev–Trinajstić information content (AvgIpc) is 3.66. The van der Waals surface area contributed by atoms with Crippen molar-refractivity contribution < 1.29 is 18.3 Å². The van der Waals surface area contributed by atoms with E-state index in [1.165, 1.54) is 16.0 Å². The number of likely N-dealkylation sites (N-methyl/N-ethyl adjacent to an activating group) is 2. The molecular formula is C34H47ClF2N8O2. The lowest BCUT2D eigenvalue weighted by Crippen LogP contribution is -2.37. The van der Waals surface area contributed by atoms with Crippen molar-refractivity contribution in [1.29, 1.82) is 0 Å². The fourth-order valence-corrected chi connectivity index (χ4v) is 6.91. The van der Waals surface area contributed by atoms with Gasteiger partial charge < -0.3 is 25.2 Å². The highest BCUT2D eigenvalue weighted by Crippen LogP contribution is 2.60. The normalized spacial score (nSPS) is 23.1. The standard InChI is InChI=1S/C34H47ClF2N8O2/c1-7-11-22-12-8-9-13-23(22)27-16-25-24(17-44(27)6)30(41-32(40-25)47-21-33(20-42(2)3)19-34(33,36)37)45-15-10-14-39-26(18-45)28(35)29(38)31(46)43(4)5/h8-9,12-13,27H,7,10-11,14-21,38H2,1-6H3/b29-28+. The molecule has 0 radical (unpaired) electrons. The second-order valence-electron chi connectivity index (χ2n) is 13.6. The number of aryl methyl sites for hydroxylation is 1. The van der Waals surface area contributed by atoms with Crippen LogP contribution in [0.25, 0.3) is 0 Å². The third-order valence-corrected chi connectivity index (χ3v) is 9.70. The van der Waals surface area contributed by atoms with E-state index in [0.29, 0.717) is 44.0 Å². The lowest BCUT2D eigenvalue weighted by Gasteiger charge is -2.37. The first kappa shape index (κ1) is 35.0. The number of anilines is 1. The first-order valence-electron chi connectivity index (χ1n) is 16.3. The number of ether oxygens (including phenoxy) is 1. The van der Waals surface area contributed by atoms with Crippen LogP contribution in [0.4, 0.5) is 14.6 Å². The lowest BCUT2D eigenvalue weighted by atomic mass is 9.89. The van der Waals surface area contributed by atoms with Gasteiger partial charge in [0.05, 0.1) is 28.4 Å². The van der Waals surface area contributed by atoms with Crippen LogP contribution in [-0.4, -0.2) is 110 Å². The van der Waals surface area contributed by atoms with Crippen molar-refractivity contribution in [3.63, 3.8) is 0 Å². The predicted octanol–water partition coefficient (Wildman–Crippen LogP) is 4.27. The summed E-state index contributed by atoms with van der Waals surface area (Å²) in [6, 6.07) is 8.67. The topological polar surface area (TPSA) is 103 Å². The number of aliphatic imine (C=N–C) groups is 1. The first-order valence-corrected chi connectivity index (χ1v) is 16.6.